The van der Waals surface area contributed by atoms with Gasteiger partial charge < -0.3 is 19.5 Å². The van der Waals surface area contributed by atoms with Crippen LogP contribution in [0.4, 0.5) is 0 Å². The molecule has 1 aliphatic heterocycles. The largest absolute Gasteiger partial charge is 0.507 e. The van der Waals surface area contributed by atoms with Crippen LogP contribution in [0.2, 0.25) is 0 Å². The predicted octanol–water partition coefficient (Wildman–Crippen LogP) is 3.14. The van der Waals surface area contributed by atoms with Gasteiger partial charge in [0, 0.05) is 24.1 Å². The highest BCUT2D eigenvalue weighted by atomic mass is 16.5. The number of amides is 1. The van der Waals surface area contributed by atoms with E-state index in [1.807, 2.05) is 42.3 Å². The topological polar surface area (TPSA) is 95.7 Å². The molecular formula is C26H28N3O5+. The molecule has 34 heavy (non-hydrogen) atoms. The minimum absolute atomic E-state index is 0.0368. The maximum atomic E-state index is 13.2. The van der Waals surface area contributed by atoms with E-state index in [-0.39, 0.29) is 11.3 Å². The van der Waals surface area contributed by atoms with Crippen LogP contribution in [-0.4, -0.2) is 47.4 Å². The molecule has 1 aliphatic rings. The van der Waals surface area contributed by atoms with Crippen molar-refractivity contribution in [3.05, 3.63) is 83.4 Å². The summed E-state index contributed by atoms with van der Waals surface area (Å²) in [6, 6.07) is 11.6. The number of aromatic nitrogens is 2. The zero-order valence-corrected chi connectivity index (χ0v) is 19.4. The molecule has 0 aliphatic carbocycles. The fourth-order valence-electron chi connectivity index (χ4n) is 4.24. The minimum atomic E-state index is -0.817. The summed E-state index contributed by atoms with van der Waals surface area (Å²) in [5.41, 5.74) is 2.10. The van der Waals surface area contributed by atoms with E-state index >= 15 is 0 Å². The summed E-state index contributed by atoms with van der Waals surface area (Å²) in [5, 5.41) is 11.2. The van der Waals surface area contributed by atoms with Gasteiger partial charge in [-0.1, -0.05) is 29.8 Å². The van der Waals surface area contributed by atoms with Crippen molar-refractivity contribution in [2.24, 2.45) is 0 Å². The van der Waals surface area contributed by atoms with Crippen LogP contribution in [0.1, 0.15) is 29.2 Å². The normalized spacial score (nSPS) is 17.3. The van der Waals surface area contributed by atoms with Gasteiger partial charge in [-0.25, -0.2) is 4.57 Å². The number of rotatable bonds is 8. The van der Waals surface area contributed by atoms with Crippen molar-refractivity contribution in [2.75, 3.05) is 20.8 Å². The summed E-state index contributed by atoms with van der Waals surface area (Å²) >= 11 is 0. The van der Waals surface area contributed by atoms with Crippen LogP contribution in [0.5, 0.6) is 11.5 Å². The van der Waals surface area contributed by atoms with Crippen molar-refractivity contribution in [2.45, 2.75) is 25.9 Å². The van der Waals surface area contributed by atoms with Gasteiger partial charge in [-0.2, -0.15) is 0 Å². The van der Waals surface area contributed by atoms with Crippen LogP contribution >= 0.6 is 0 Å². The lowest BCUT2D eigenvalue weighted by molar-refractivity contribution is -0.695. The lowest BCUT2D eigenvalue weighted by Gasteiger charge is -2.26. The second-order valence-electron chi connectivity index (χ2n) is 8.17. The molecule has 2 aromatic carbocycles. The van der Waals surface area contributed by atoms with Crippen LogP contribution in [0.25, 0.3) is 5.76 Å². The molecule has 1 amide bonds. The number of methoxy groups -OCH3 is 2. The molecule has 0 radical (unpaired) electrons. The van der Waals surface area contributed by atoms with Crippen LogP contribution in [0.3, 0.4) is 0 Å². The van der Waals surface area contributed by atoms with E-state index in [9.17, 15) is 14.7 Å². The highest BCUT2D eigenvalue weighted by Gasteiger charge is 2.47. The van der Waals surface area contributed by atoms with E-state index in [0.717, 1.165) is 5.56 Å². The van der Waals surface area contributed by atoms with Crippen molar-refractivity contribution in [3.63, 3.8) is 0 Å². The van der Waals surface area contributed by atoms with Crippen molar-refractivity contribution in [3.8, 4) is 11.5 Å². The van der Waals surface area contributed by atoms with Gasteiger partial charge in [-0.05, 0) is 25.1 Å². The number of hydrogen-bond donors (Lipinski definition) is 2. The van der Waals surface area contributed by atoms with Gasteiger partial charge in [-0.3, -0.25) is 14.6 Å². The highest BCUT2D eigenvalue weighted by molar-refractivity contribution is 6.46. The van der Waals surface area contributed by atoms with E-state index in [0.29, 0.717) is 42.1 Å². The third-order valence-electron chi connectivity index (χ3n) is 6.01. The average molecular weight is 463 g/mol. The Labute approximate surface area is 198 Å². The zero-order valence-electron chi connectivity index (χ0n) is 19.4. The van der Waals surface area contributed by atoms with Crippen LogP contribution in [0.15, 0.2) is 66.8 Å². The smallest absolute Gasteiger partial charge is 0.295 e. The first-order chi connectivity index (χ1) is 16.4. The zero-order chi connectivity index (χ0) is 24.2. The molecule has 176 valence electrons. The van der Waals surface area contributed by atoms with Crippen LogP contribution in [-0.2, 0) is 16.1 Å². The number of ether oxygens (including phenoxy) is 2. The van der Waals surface area contributed by atoms with Gasteiger partial charge in [-0.15, -0.1) is 0 Å². The molecule has 8 heteroatoms. The Morgan fingerprint density at radius 3 is 2.53 bits per heavy atom. The number of carbonyl (C=O) groups is 2. The summed E-state index contributed by atoms with van der Waals surface area (Å²) in [4.78, 5) is 30.9. The summed E-state index contributed by atoms with van der Waals surface area (Å²) in [6.07, 6.45) is 6.15. The number of H-pyrrole nitrogens is 1. The van der Waals surface area contributed by atoms with Gasteiger partial charge in [0.05, 0.1) is 32.4 Å². The molecule has 0 saturated carbocycles. The van der Waals surface area contributed by atoms with Gasteiger partial charge in [0.1, 0.15) is 29.7 Å². The molecule has 2 N–H and O–H groups in total. The van der Waals surface area contributed by atoms with Crippen LogP contribution < -0.4 is 14.0 Å². The molecule has 0 bridgehead atoms. The summed E-state index contributed by atoms with van der Waals surface area (Å²) < 4.78 is 12.9. The van der Waals surface area contributed by atoms with Crippen molar-refractivity contribution >= 4 is 17.4 Å². The second kappa shape index (κ2) is 9.82. The maximum Gasteiger partial charge on any atom is 0.295 e. The SMILES string of the molecule is COc1ccc(OC)c(C2C(=C(O)c3ccc(C)cc3)C(=O)C(=O)N2CCC[n+]2cc[nH]c2)c1. The number of imidazole rings is 1. The molecule has 2 heterocycles. The third-order valence-corrected chi connectivity index (χ3v) is 6.01. The van der Waals surface area contributed by atoms with Crippen molar-refractivity contribution in [1.29, 1.82) is 0 Å². The molecule has 1 saturated heterocycles. The van der Waals surface area contributed by atoms with Gasteiger partial charge in [0.2, 0.25) is 6.33 Å². The molecule has 8 nitrogen and oxygen atoms in total. The Kier molecular flexibility index (Phi) is 6.67. The number of carbonyl (C=O) groups excluding carboxylic acids is 2. The van der Waals surface area contributed by atoms with Crippen LogP contribution in [0, 0.1) is 6.92 Å². The van der Waals surface area contributed by atoms with E-state index in [4.69, 9.17) is 9.47 Å². The molecule has 1 fully saturated rings. The Balaban J connectivity index is 1.81. The quantitative estimate of drug-likeness (QED) is 0.232. The average Bonchev–Trinajstić information content (AvgIpc) is 3.46. The molecule has 3 aromatic rings. The van der Waals surface area contributed by atoms with Gasteiger partial charge in [0.25, 0.3) is 11.7 Å². The molecular weight excluding hydrogens is 434 g/mol. The van der Waals surface area contributed by atoms with Crippen molar-refractivity contribution < 1.29 is 28.7 Å². The van der Waals surface area contributed by atoms with E-state index in [1.54, 1.807) is 37.4 Å². The van der Waals surface area contributed by atoms with Gasteiger partial charge >= 0.3 is 0 Å². The maximum absolute atomic E-state index is 13.2. The number of Topliss-reactive ketones (excluding diaryl/α,β-unsaturated/α-hetero) is 1. The number of nitrogens with one attached hydrogen (secondary N) is 1. The molecule has 4 rings (SSSR count). The Bertz CT molecular complexity index is 1220. The fraction of sp³-hybridized carbons (Fsp3) is 0.269. The summed E-state index contributed by atoms with van der Waals surface area (Å²) in [6.45, 7) is 2.91. The summed E-state index contributed by atoms with van der Waals surface area (Å²) in [5.74, 6) is -0.535. The Morgan fingerprint density at radius 2 is 1.88 bits per heavy atom. The minimum Gasteiger partial charge on any atom is -0.507 e. The number of benzene rings is 2. The Hall–Kier alpha value is -4.07. The molecule has 1 atom stereocenters. The van der Waals surface area contributed by atoms with E-state index in [1.165, 1.54) is 12.0 Å². The number of aliphatic hydroxyl groups is 1. The summed E-state index contributed by atoms with van der Waals surface area (Å²) in [7, 11) is 3.07. The number of aryl methyl sites for hydroxylation is 2. The number of nitrogens with zero attached hydrogens (tertiary/aromatic N) is 2. The van der Waals surface area contributed by atoms with Gasteiger partial charge in [0.15, 0.2) is 0 Å². The molecule has 1 unspecified atom stereocenters. The standard InChI is InChI=1S/C26H27N3O5/c1-17-5-7-18(8-6-17)24(30)22-23(20-15-19(33-2)9-10-21(20)34-3)29(26(32)25(22)31)13-4-12-28-14-11-27-16-28/h5-11,14-16,23H,4,12-13H2,1-3H3,(H,30,31)/p+1. The number of aliphatic hydroxyl groups excluding tert-OH is 1. The molecule has 0 spiro atoms. The number of aromatic amines is 1. The Morgan fingerprint density at radius 1 is 1.12 bits per heavy atom. The first kappa shape index (κ1) is 23.1. The first-order valence-electron chi connectivity index (χ1n) is 11.0. The highest BCUT2D eigenvalue weighted by Crippen LogP contribution is 2.43. The monoisotopic (exact) mass is 462 g/mol. The number of hydrogen-bond acceptors (Lipinski definition) is 5. The second-order valence-corrected chi connectivity index (χ2v) is 8.17. The van der Waals surface area contributed by atoms with E-state index < -0.39 is 17.7 Å². The number of ketones is 1. The first-order valence-corrected chi connectivity index (χ1v) is 11.0. The fourth-order valence-corrected chi connectivity index (χ4v) is 4.24. The van der Waals surface area contributed by atoms with E-state index in [2.05, 4.69) is 4.98 Å². The third kappa shape index (κ3) is 4.39. The molecule has 1 aromatic heterocycles. The van der Waals surface area contributed by atoms with Crippen molar-refractivity contribution in [1.82, 2.24) is 9.88 Å². The lowest BCUT2D eigenvalue weighted by Crippen LogP contribution is -2.36. The number of likely N-dealkylation sites (tertiary alicyclic amines) is 1. The predicted molar refractivity (Wildman–Crippen MR) is 125 cm³/mol. The lowest BCUT2D eigenvalue weighted by atomic mass is 9.94.